The van der Waals surface area contributed by atoms with Crippen molar-refractivity contribution in [2.75, 3.05) is 26.4 Å². The maximum Gasteiger partial charge on any atom is 0.404 e. The van der Waals surface area contributed by atoms with Gasteiger partial charge in [0.25, 0.3) is 0 Å². The van der Waals surface area contributed by atoms with Gasteiger partial charge in [-0.1, -0.05) is 42.5 Å². The number of benzene rings is 2. The zero-order chi connectivity index (χ0) is 29.8. The molecule has 1 aliphatic carbocycles. The Morgan fingerprint density at radius 3 is 2.54 bits per heavy atom. The lowest BCUT2D eigenvalue weighted by Crippen LogP contribution is -2.44. The largest absolute Gasteiger partial charge is 0.494 e. The summed E-state index contributed by atoms with van der Waals surface area (Å²) in [4.78, 5) is 26.4. The van der Waals surface area contributed by atoms with Gasteiger partial charge in [0.2, 0.25) is 5.60 Å². The summed E-state index contributed by atoms with van der Waals surface area (Å²) in [7, 11) is 0. The molecule has 0 amide bonds. The Kier molecular flexibility index (Phi) is 8.89. The normalized spacial score (nSPS) is 22.7. The van der Waals surface area contributed by atoms with Crippen LogP contribution in [0.25, 0.3) is 0 Å². The lowest BCUT2D eigenvalue weighted by atomic mass is 9.78. The molecular formula is C30H32F4N2O5. The van der Waals surface area contributed by atoms with E-state index in [1.54, 1.807) is 30.3 Å². The molecule has 2 aromatic carbocycles. The molecule has 2 aromatic rings. The number of nitrogens with one attached hydrogen (secondary N) is 1. The second kappa shape index (κ2) is 12.0. The van der Waals surface area contributed by atoms with Gasteiger partial charge in [0, 0.05) is 37.8 Å². The van der Waals surface area contributed by atoms with Crippen molar-refractivity contribution in [3.63, 3.8) is 0 Å². The van der Waals surface area contributed by atoms with Crippen molar-refractivity contribution >= 4 is 11.8 Å². The molecule has 1 fully saturated rings. The van der Waals surface area contributed by atoms with E-state index in [1.807, 2.05) is 4.90 Å². The first-order valence-electron chi connectivity index (χ1n) is 13.1. The number of nitrogens with zero attached hydrogens (tertiary/aromatic N) is 1. The number of aliphatic carboxylic acids is 1. The molecule has 0 bridgehead atoms. The van der Waals surface area contributed by atoms with E-state index in [0.717, 1.165) is 13.0 Å². The Hall–Kier alpha value is -3.70. The van der Waals surface area contributed by atoms with Crippen molar-refractivity contribution in [3.05, 3.63) is 83.7 Å². The van der Waals surface area contributed by atoms with Gasteiger partial charge in [0.1, 0.15) is 11.2 Å². The van der Waals surface area contributed by atoms with Crippen molar-refractivity contribution in [1.82, 2.24) is 10.2 Å². The molecule has 2 aliphatic rings. The van der Waals surface area contributed by atoms with E-state index in [0.29, 0.717) is 37.6 Å². The van der Waals surface area contributed by atoms with Crippen LogP contribution in [0.1, 0.15) is 25.8 Å². The number of ketones is 1. The third kappa shape index (κ3) is 6.97. The van der Waals surface area contributed by atoms with Crippen LogP contribution >= 0.6 is 0 Å². The number of ether oxygens (including phenoxy) is 2. The Morgan fingerprint density at radius 2 is 1.88 bits per heavy atom. The number of halogens is 4. The smallest absolute Gasteiger partial charge is 0.404 e. The molecule has 2 N–H and O–H groups in total. The first-order valence-corrected chi connectivity index (χ1v) is 13.1. The van der Waals surface area contributed by atoms with Crippen molar-refractivity contribution in [2.45, 2.75) is 44.5 Å². The first kappa shape index (κ1) is 30.3. The number of carbonyl (C=O) groups is 2. The lowest BCUT2D eigenvalue weighted by Gasteiger charge is -2.31. The summed E-state index contributed by atoms with van der Waals surface area (Å²) in [5.74, 6) is -2.37. The van der Waals surface area contributed by atoms with Crippen LogP contribution < -0.4 is 14.8 Å². The average molecular weight is 577 g/mol. The Labute approximate surface area is 235 Å². The highest BCUT2D eigenvalue weighted by Gasteiger charge is 2.56. The third-order valence-corrected chi connectivity index (χ3v) is 7.38. The average Bonchev–Trinajstić information content (AvgIpc) is 3.35. The Morgan fingerprint density at radius 1 is 1.17 bits per heavy atom. The van der Waals surface area contributed by atoms with E-state index in [1.165, 1.54) is 37.3 Å². The minimum Gasteiger partial charge on any atom is -0.494 e. The van der Waals surface area contributed by atoms with E-state index in [-0.39, 0.29) is 30.3 Å². The van der Waals surface area contributed by atoms with E-state index in [2.05, 4.69) is 5.32 Å². The SMILES string of the molecule is CC(Cc1ccc(OCCC2CN(CC3=CC=CC(C)(C(F)(F)F)C3=O)CN2)cc1)(Oc1ccccc1F)C(=O)O. The fourth-order valence-electron chi connectivity index (χ4n) is 4.78. The zero-order valence-electron chi connectivity index (χ0n) is 22.7. The number of para-hydroxylation sites is 1. The predicted octanol–water partition coefficient (Wildman–Crippen LogP) is 4.92. The van der Waals surface area contributed by atoms with Gasteiger partial charge in [-0.2, -0.15) is 13.2 Å². The fraction of sp³-hybridized carbons (Fsp3) is 0.400. The molecule has 3 unspecified atom stereocenters. The topological polar surface area (TPSA) is 88.1 Å². The lowest BCUT2D eigenvalue weighted by molar-refractivity contribution is -0.199. The minimum atomic E-state index is -4.66. The van der Waals surface area contributed by atoms with Gasteiger partial charge < -0.3 is 19.9 Å². The molecule has 3 atom stereocenters. The van der Waals surface area contributed by atoms with Crippen LogP contribution in [0.4, 0.5) is 17.6 Å². The number of hydrogen-bond donors (Lipinski definition) is 2. The molecule has 41 heavy (non-hydrogen) atoms. The molecule has 11 heteroatoms. The molecule has 1 aliphatic heterocycles. The summed E-state index contributed by atoms with van der Waals surface area (Å²) in [6, 6.07) is 12.5. The van der Waals surface area contributed by atoms with Crippen LogP contribution in [-0.2, 0) is 16.0 Å². The quantitative estimate of drug-likeness (QED) is 0.367. The number of carboxylic acid groups (broad SMARTS) is 1. The van der Waals surface area contributed by atoms with E-state index in [4.69, 9.17) is 9.47 Å². The van der Waals surface area contributed by atoms with Crippen molar-refractivity contribution in [3.8, 4) is 11.5 Å². The zero-order valence-corrected chi connectivity index (χ0v) is 22.7. The number of carbonyl (C=O) groups excluding carboxylic acids is 1. The van der Waals surface area contributed by atoms with Crippen LogP contribution in [0.3, 0.4) is 0 Å². The fourth-order valence-corrected chi connectivity index (χ4v) is 4.78. The molecule has 7 nitrogen and oxygen atoms in total. The number of allylic oxidation sites excluding steroid dienone is 3. The number of rotatable bonds is 11. The summed E-state index contributed by atoms with van der Waals surface area (Å²) >= 11 is 0. The summed E-state index contributed by atoms with van der Waals surface area (Å²) in [6.45, 7) is 3.76. The maximum atomic E-state index is 14.0. The number of Topliss-reactive ketones (excluding diaryl/α,β-unsaturated/α-hetero) is 1. The van der Waals surface area contributed by atoms with Gasteiger partial charge >= 0.3 is 12.1 Å². The highest BCUT2D eigenvalue weighted by atomic mass is 19.4. The Balaban J connectivity index is 1.24. The van der Waals surface area contributed by atoms with Crippen molar-refractivity contribution in [1.29, 1.82) is 0 Å². The molecule has 4 rings (SSSR count). The van der Waals surface area contributed by atoms with Gasteiger partial charge in [-0.05, 0) is 50.1 Å². The molecule has 0 radical (unpaired) electrons. The van der Waals surface area contributed by atoms with Gasteiger partial charge in [-0.25, -0.2) is 9.18 Å². The van der Waals surface area contributed by atoms with Crippen LogP contribution in [0, 0.1) is 11.2 Å². The van der Waals surface area contributed by atoms with Crippen LogP contribution in [-0.4, -0.2) is 65.9 Å². The molecule has 220 valence electrons. The Bertz CT molecular complexity index is 1330. The number of alkyl halides is 3. The van der Waals surface area contributed by atoms with E-state index < -0.39 is 34.8 Å². The summed E-state index contributed by atoms with van der Waals surface area (Å²) in [6.07, 6.45) is -0.400. The van der Waals surface area contributed by atoms with E-state index in [9.17, 15) is 32.3 Å². The van der Waals surface area contributed by atoms with Crippen LogP contribution in [0.5, 0.6) is 11.5 Å². The summed E-state index contributed by atoms with van der Waals surface area (Å²) < 4.78 is 65.7. The van der Waals surface area contributed by atoms with Crippen molar-refractivity contribution < 1.29 is 41.7 Å². The van der Waals surface area contributed by atoms with Gasteiger partial charge in [0.05, 0.1) is 6.61 Å². The van der Waals surface area contributed by atoms with Gasteiger partial charge in [0.15, 0.2) is 17.3 Å². The van der Waals surface area contributed by atoms with Gasteiger partial charge in [-0.15, -0.1) is 0 Å². The maximum absolute atomic E-state index is 14.0. The highest BCUT2D eigenvalue weighted by Crippen LogP contribution is 2.43. The van der Waals surface area contributed by atoms with Gasteiger partial charge in [-0.3, -0.25) is 9.69 Å². The second-order valence-corrected chi connectivity index (χ2v) is 10.7. The monoisotopic (exact) mass is 576 g/mol. The third-order valence-electron chi connectivity index (χ3n) is 7.38. The van der Waals surface area contributed by atoms with Crippen LogP contribution in [0.15, 0.2) is 72.3 Å². The first-order chi connectivity index (χ1) is 19.3. The summed E-state index contributed by atoms with van der Waals surface area (Å²) in [5.41, 5.74) is -3.41. The number of carboxylic acids is 1. The minimum absolute atomic E-state index is 0.00434. The van der Waals surface area contributed by atoms with E-state index >= 15 is 0 Å². The molecule has 1 heterocycles. The second-order valence-electron chi connectivity index (χ2n) is 10.7. The van der Waals surface area contributed by atoms with Crippen LogP contribution in [0.2, 0.25) is 0 Å². The number of hydrogen-bond acceptors (Lipinski definition) is 6. The standard InChI is InChI=1S/C30H32F4N2O5/c1-28(30(32,33)34)14-5-6-21(26(28)37)17-36-18-22(35-19-36)13-15-40-23-11-9-20(10-12-23)16-29(2,27(38)39)41-25-8-4-3-7-24(25)31/h3-12,14,22,35H,13,15-19H2,1-2H3,(H,38,39). The highest BCUT2D eigenvalue weighted by molar-refractivity contribution is 6.03. The van der Waals surface area contributed by atoms with Crippen molar-refractivity contribution in [2.24, 2.45) is 5.41 Å². The molecule has 0 spiro atoms. The summed E-state index contributed by atoms with van der Waals surface area (Å²) in [5, 5.41) is 13.0. The molecule has 0 saturated carbocycles. The molecular weight excluding hydrogens is 544 g/mol. The predicted molar refractivity (Wildman–Crippen MR) is 143 cm³/mol. The molecule has 0 aromatic heterocycles. The molecule has 1 saturated heterocycles.